The number of para-hydroxylation sites is 2. The summed E-state index contributed by atoms with van der Waals surface area (Å²) < 4.78 is 0. The molecule has 0 heterocycles. The molecular weight excluding hydrogens is 343 g/mol. The van der Waals surface area contributed by atoms with E-state index >= 15 is 0 Å². The fourth-order valence-electron chi connectivity index (χ4n) is 2.67. The van der Waals surface area contributed by atoms with E-state index in [-0.39, 0.29) is 31.0 Å². The molecule has 0 radical (unpaired) electrons. The van der Waals surface area contributed by atoms with Crippen LogP contribution in [-0.4, -0.2) is 10.2 Å². The number of benzene rings is 4. The first kappa shape index (κ1) is 20.8. The Bertz CT molecular complexity index is 879. The second-order valence-corrected chi connectivity index (χ2v) is 5.77. The van der Waals surface area contributed by atoms with E-state index in [1.54, 1.807) is 12.1 Å². The molecule has 0 aliphatic heterocycles. The van der Waals surface area contributed by atoms with Gasteiger partial charge in [0.05, 0.1) is 0 Å². The molecule has 0 bridgehead atoms. The Morgan fingerprint density at radius 1 is 0.407 bits per heavy atom. The summed E-state index contributed by atoms with van der Waals surface area (Å²) in [6.45, 7) is 0. The molecule has 27 heavy (non-hydrogen) atoms. The second kappa shape index (κ2) is 10.6. The quantitative estimate of drug-likeness (QED) is 0.536. The zero-order valence-corrected chi connectivity index (χ0v) is 17.3. The van der Waals surface area contributed by atoms with Gasteiger partial charge < -0.3 is 11.6 Å². The van der Waals surface area contributed by atoms with Crippen molar-refractivity contribution in [1.82, 2.24) is 0 Å². The molecule has 0 aliphatic rings. The van der Waals surface area contributed by atoms with Gasteiger partial charge in [0.1, 0.15) is 11.5 Å². The predicted octanol–water partition coefficient (Wildman–Crippen LogP) is 3.23. The van der Waals surface area contributed by atoms with E-state index in [4.69, 9.17) is 0 Å². The van der Waals surface area contributed by atoms with Gasteiger partial charge in [-0.25, -0.2) is 0 Å². The van der Waals surface area contributed by atoms with E-state index in [9.17, 15) is 10.2 Å². The van der Waals surface area contributed by atoms with Crippen molar-refractivity contribution < 1.29 is 41.2 Å². The summed E-state index contributed by atoms with van der Waals surface area (Å²) in [5.74, 6) is 0.655. The van der Waals surface area contributed by atoms with Crippen LogP contribution in [0.1, 0.15) is 1.43 Å². The van der Waals surface area contributed by atoms with Gasteiger partial charge in [0.25, 0.3) is 0 Å². The van der Waals surface area contributed by atoms with Crippen LogP contribution in [0.3, 0.4) is 0 Å². The summed E-state index contributed by atoms with van der Waals surface area (Å²) in [6, 6.07) is 34.4. The normalized spacial score (nSPS) is 9.48. The topological polar surface area (TPSA) is 40.5 Å². The maximum absolute atomic E-state index is 9.56. The first-order valence-electron chi connectivity index (χ1n) is 8.42. The van der Waals surface area contributed by atoms with Crippen molar-refractivity contribution >= 4 is 0 Å². The van der Waals surface area contributed by atoms with Gasteiger partial charge in [0.15, 0.2) is 0 Å². The Morgan fingerprint density at radius 2 is 0.704 bits per heavy atom. The van der Waals surface area contributed by atoms with Crippen LogP contribution >= 0.6 is 0 Å². The number of rotatable bonds is 2. The van der Waals surface area contributed by atoms with Crippen LogP contribution in [0.5, 0.6) is 11.5 Å². The number of phenolic OH excluding ortho intramolecular Hbond substituents is 2. The monoisotopic (exact) mass is 364 g/mol. The minimum Gasteiger partial charge on any atom is -1.00 e. The third kappa shape index (κ3) is 5.73. The molecule has 2 nitrogen and oxygen atoms in total. The Balaban J connectivity index is 0.000000261. The molecule has 0 saturated heterocycles. The largest absolute Gasteiger partial charge is 1.00 e. The van der Waals surface area contributed by atoms with Crippen molar-refractivity contribution in [2.24, 2.45) is 0 Å². The first-order valence-corrected chi connectivity index (χ1v) is 8.42. The summed E-state index contributed by atoms with van der Waals surface area (Å²) >= 11 is 0. The predicted molar refractivity (Wildman–Crippen MR) is 108 cm³/mol. The molecule has 0 fully saturated rings. The molecule has 4 aromatic carbocycles. The third-order valence-electron chi connectivity index (χ3n) is 3.98. The van der Waals surface area contributed by atoms with Crippen molar-refractivity contribution in [2.75, 3.05) is 0 Å². The van der Waals surface area contributed by atoms with Crippen LogP contribution < -0.4 is 29.6 Å². The van der Waals surface area contributed by atoms with Gasteiger partial charge in [0.2, 0.25) is 0 Å². The number of hydrogen-bond acceptors (Lipinski definition) is 2. The van der Waals surface area contributed by atoms with Crippen molar-refractivity contribution in [2.45, 2.75) is 0 Å². The van der Waals surface area contributed by atoms with Gasteiger partial charge in [0, 0.05) is 11.1 Å². The van der Waals surface area contributed by atoms with Gasteiger partial charge in [-0.2, -0.15) is 0 Å². The number of aromatic hydroxyl groups is 2. The summed E-state index contributed by atoms with van der Waals surface area (Å²) in [6.07, 6.45) is 0. The maximum Gasteiger partial charge on any atom is 1.00 e. The van der Waals surface area contributed by atoms with Crippen LogP contribution in [0, 0.1) is 0 Å². The average Bonchev–Trinajstić information content (AvgIpc) is 2.71. The third-order valence-corrected chi connectivity index (χ3v) is 3.98. The van der Waals surface area contributed by atoms with Gasteiger partial charge in [-0.1, -0.05) is 97.1 Å². The van der Waals surface area contributed by atoms with E-state index in [1.807, 2.05) is 97.1 Å². The average molecular weight is 364 g/mol. The first-order chi connectivity index (χ1) is 12.8. The van der Waals surface area contributed by atoms with Crippen molar-refractivity contribution in [3.05, 3.63) is 109 Å². The van der Waals surface area contributed by atoms with Crippen LogP contribution in [0.4, 0.5) is 0 Å². The van der Waals surface area contributed by atoms with Crippen LogP contribution in [0.15, 0.2) is 109 Å². The minimum absolute atomic E-state index is 0. The van der Waals surface area contributed by atoms with Gasteiger partial charge in [-0.05, 0) is 23.3 Å². The molecule has 0 aromatic heterocycles. The smallest absolute Gasteiger partial charge is 1.00 e. The summed E-state index contributed by atoms with van der Waals surface area (Å²) in [4.78, 5) is 0. The van der Waals surface area contributed by atoms with Crippen LogP contribution in [0.2, 0.25) is 0 Å². The molecule has 0 unspecified atom stereocenters. The SMILES string of the molecule is Oc1ccccc1-c1ccccc1.Oc1ccccc1-c1ccccc1.[H-].[Na+]. The molecule has 4 rings (SSSR count). The molecule has 0 aliphatic carbocycles. The molecule has 0 atom stereocenters. The van der Waals surface area contributed by atoms with Gasteiger partial charge >= 0.3 is 29.6 Å². The molecule has 0 saturated carbocycles. The molecule has 130 valence electrons. The van der Waals surface area contributed by atoms with Crippen molar-refractivity contribution in [3.8, 4) is 33.8 Å². The van der Waals surface area contributed by atoms with Crippen LogP contribution in [-0.2, 0) is 0 Å². The zero-order chi connectivity index (χ0) is 18.2. The number of phenols is 2. The van der Waals surface area contributed by atoms with E-state index < -0.39 is 0 Å². The maximum atomic E-state index is 9.56. The molecule has 3 heteroatoms. The second-order valence-electron chi connectivity index (χ2n) is 5.77. The van der Waals surface area contributed by atoms with E-state index in [0.717, 1.165) is 22.3 Å². The van der Waals surface area contributed by atoms with Crippen LogP contribution in [0.25, 0.3) is 22.3 Å². The summed E-state index contributed by atoms with van der Waals surface area (Å²) in [5, 5.41) is 19.1. The van der Waals surface area contributed by atoms with Gasteiger partial charge in [-0.3, -0.25) is 0 Å². The molecule has 0 amide bonds. The van der Waals surface area contributed by atoms with Crippen molar-refractivity contribution in [1.29, 1.82) is 0 Å². The standard InChI is InChI=1S/2C12H10O.Na.H/c2*13-12-9-5-4-8-11(12)10-6-2-1-3-7-10;;/h2*1-9,13H;;/q;;+1;-1. The van der Waals surface area contributed by atoms with E-state index in [2.05, 4.69) is 0 Å². The van der Waals surface area contributed by atoms with E-state index in [0.29, 0.717) is 11.5 Å². The Morgan fingerprint density at radius 3 is 1.04 bits per heavy atom. The molecule has 0 spiro atoms. The van der Waals surface area contributed by atoms with Gasteiger partial charge in [-0.15, -0.1) is 0 Å². The fourth-order valence-corrected chi connectivity index (χ4v) is 2.67. The zero-order valence-electron chi connectivity index (χ0n) is 16.3. The molecule has 2 N–H and O–H groups in total. The molecular formula is C24H21NaO2. The Labute approximate surface area is 183 Å². The Kier molecular flexibility index (Phi) is 8.15. The fraction of sp³-hybridized carbons (Fsp3) is 0. The molecule has 4 aromatic rings. The number of hydrogen-bond donors (Lipinski definition) is 2. The van der Waals surface area contributed by atoms with Crippen molar-refractivity contribution in [3.63, 3.8) is 0 Å². The summed E-state index contributed by atoms with van der Waals surface area (Å²) in [7, 11) is 0. The van der Waals surface area contributed by atoms with E-state index in [1.165, 1.54) is 0 Å². The Hall–Kier alpha value is -2.52. The minimum atomic E-state index is 0. The summed E-state index contributed by atoms with van der Waals surface area (Å²) in [5.41, 5.74) is 3.84.